The number of rotatable bonds is 3. The Balaban J connectivity index is 1.92. The number of halogens is 1. The van der Waals surface area contributed by atoms with E-state index in [1.54, 1.807) is 13.0 Å². The fourth-order valence-electron chi connectivity index (χ4n) is 2.44. The van der Waals surface area contributed by atoms with Gasteiger partial charge in [0, 0.05) is 5.69 Å². The normalized spacial score (nSPS) is 14.3. The number of benzene rings is 1. The Bertz CT molecular complexity index is 769. The van der Waals surface area contributed by atoms with Crippen LogP contribution in [0.15, 0.2) is 22.4 Å². The van der Waals surface area contributed by atoms with E-state index in [2.05, 4.69) is 9.71 Å². The Kier molecular flexibility index (Phi) is 3.48. The van der Waals surface area contributed by atoms with Crippen LogP contribution >= 0.6 is 22.9 Å². The monoisotopic (exact) mass is 328 g/mol. The van der Waals surface area contributed by atoms with Crippen molar-refractivity contribution in [1.82, 2.24) is 4.98 Å². The van der Waals surface area contributed by atoms with E-state index in [1.165, 1.54) is 11.1 Å². The maximum Gasteiger partial charge on any atom is 0.273 e. The molecule has 0 bridgehead atoms. The lowest BCUT2D eigenvalue weighted by Gasteiger charge is -2.08. The number of hydrogen-bond acceptors (Lipinski definition) is 4. The van der Waals surface area contributed by atoms with Gasteiger partial charge in [0.2, 0.25) is 0 Å². The van der Waals surface area contributed by atoms with E-state index in [-0.39, 0.29) is 8.68 Å². The highest BCUT2D eigenvalue weighted by molar-refractivity contribution is 7.94. The van der Waals surface area contributed by atoms with Crippen molar-refractivity contribution in [2.24, 2.45) is 0 Å². The standard InChI is InChI=1S/C13H13ClN2O2S2/c1-8-12(19-13(14)15-8)20(17,18)16-11-6-5-9-3-2-4-10(9)7-11/h5-7,16H,2-4H2,1H3. The number of nitrogens with zero attached hydrogens (tertiary/aromatic N) is 1. The van der Waals surface area contributed by atoms with Gasteiger partial charge in [0.1, 0.15) is 0 Å². The minimum absolute atomic E-state index is 0.169. The fourth-order valence-corrected chi connectivity index (χ4v) is 5.23. The molecule has 1 aromatic heterocycles. The van der Waals surface area contributed by atoms with Crippen LogP contribution in [-0.4, -0.2) is 13.4 Å². The van der Waals surface area contributed by atoms with Gasteiger partial charge in [0.05, 0.1) is 5.69 Å². The first-order valence-electron chi connectivity index (χ1n) is 6.23. The molecule has 3 rings (SSSR count). The van der Waals surface area contributed by atoms with Crippen LogP contribution in [0, 0.1) is 6.92 Å². The molecule has 0 unspecified atom stereocenters. The zero-order chi connectivity index (χ0) is 14.3. The summed E-state index contributed by atoms with van der Waals surface area (Å²) in [4.78, 5) is 3.94. The molecule has 20 heavy (non-hydrogen) atoms. The molecular formula is C13H13ClN2O2S2. The fraction of sp³-hybridized carbons (Fsp3) is 0.308. The number of anilines is 1. The Morgan fingerprint density at radius 1 is 1.30 bits per heavy atom. The summed E-state index contributed by atoms with van der Waals surface area (Å²) in [6.07, 6.45) is 3.22. The number of sulfonamides is 1. The lowest BCUT2D eigenvalue weighted by molar-refractivity contribution is 0.602. The van der Waals surface area contributed by atoms with Crippen LogP contribution in [0.3, 0.4) is 0 Å². The van der Waals surface area contributed by atoms with Crippen LogP contribution in [0.25, 0.3) is 0 Å². The second-order valence-corrected chi connectivity index (χ2v) is 8.24. The van der Waals surface area contributed by atoms with Gasteiger partial charge >= 0.3 is 0 Å². The van der Waals surface area contributed by atoms with Gasteiger partial charge in [0.25, 0.3) is 10.0 Å². The van der Waals surface area contributed by atoms with Crippen LogP contribution in [0.5, 0.6) is 0 Å². The summed E-state index contributed by atoms with van der Waals surface area (Å²) in [6.45, 7) is 1.64. The Morgan fingerprint density at radius 2 is 2.05 bits per heavy atom. The molecule has 106 valence electrons. The number of nitrogens with one attached hydrogen (secondary N) is 1. The summed E-state index contributed by atoms with van der Waals surface area (Å²) < 4.78 is 27.7. The van der Waals surface area contributed by atoms with Gasteiger partial charge in [-0.15, -0.1) is 0 Å². The molecule has 0 fully saturated rings. The maximum absolute atomic E-state index is 12.3. The van der Waals surface area contributed by atoms with E-state index in [0.717, 1.165) is 30.6 Å². The number of aromatic nitrogens is 1. The minimum Gasteiger partial charge on any atom is -0.279 e. The smallest absolute Gasteiger partial charge is 0.273 e. The first kappa shape index (κ1) is 13.9. The average molecular weight is 329 g/mol. The lowest BCUT2D eigenvalue weighted by Crippen LogP contribution is -2.12. The summed E-state index contributed by atoms with van der Waals surface area (Å²) in [5.74, 6) is 0. The first-order chi connectivity index (χ1) is 9.45. The molecule has 0 radical (unpaired) electrons. The molecule has 1 aliphatic rings. The highest BCUT2D eigenvalue weighted by Gasteiger charge is 2.22. The Hall–Kier alpha value is -1.11. The van der Waals surface area contributed by atoms with Crippen LogP contribution in [0.1, 0.15) is 23.2 Å². The second-order valence-electron chi connectivity index (χ2n) is 4.78. The molecule has 1 aliphatic carbocycles. The van der Waals surface area contributed by atoms with Crippen molar-refractivity contribution in [3.8, 4) is 0 Å². The molecular weight excluding hydrogens is 316 g/mol. The molecule has 7 heteroatoms. The van der Waals surface area contributed by atoms with Crippen molar-refractivity contribution in [2.75, 3.05) is 4.72 Å². The van der Waals surface area contributed by atoms with Crippen LogP contribution in [0.4, 0.5) is 5.69 Å². The summed E-state index contributed by atoms with van der Waals surface area (Å²) in [7, 11) is -3.62. The molecule has 1 heterocycles. The zero-order valence-electron chi connectivity index (χ0n) is 10.8. The third kappa shape index (κ3) is 2.55. The SMILES string of the molecule is Cc1nc(Cl)sc1S(=O)(=O)Nc1ccc2c(c1)CCC2. The van der Waals surface area contributed by atoms with E-state index in [9.17, 15) is 8.42 Å². The first-order valence-corrected chi connectivity index (χ1v) is 8.91. The van der Waals surface area contributed by atoms with Crippen molar-refractivity contribution in [3.05, 3.63) is 39.5 Å². The van der Waals surface area contributed by atoms with Crippen LogP contribution in [0.2, 0.25) is 4.47 Å². The number of aryl methyl sites for hydroxylation is 3. The molecule has 0 saturated heterocycles. The van der Waals surface area contributed by atoms with Gasteiger partial charge in [-0.1, -0.05) is 29.0 Å². The van der Waals surface area contributed by atoms with E-state index in [0.29, 0.717) is 11.4 Å². The number of thiazole rings is 1. The van der Waals surface area contributed by atoms with Gasteiger partial charge in [0.15, 0.2) is 8.68 Å². The summed E-state index contributed by atoms with van der Waals surface area (Å²) in [5, 5.41) is 0. The minimum atomic E-state index is -3.62. The van der Waals surface area contributed by atoms with E-state index >= 15 is 0 Å². The molecule has 4 nitrogen and oxygen atoms in total. The number of hydrogen-bond donors (Lipinski definition) is 1. The molecule has 0 aliphatic heterocycles. The second kappa shape index (κ2) is 5.02. The zero-order valence-corrected chi connectivity index (χ0v) is 13.2. The van der Waals surface area contributed by atoms with Crippen molar-refractivity contribution < 1.29 is 8.42 Å². The topological polar surface area (TPSA) is 59.1 Å². The molecule has 1 N–H and O–H groups in total. The Labute approximate surface area is 126 Å². The highest BCUT2D eigenvalue weighted by Crippen LogP contribution is 2.30. The van der Waals surface area contributed by atoms with Gasteiger partial charge in [-0.05, 0) is 49.4 Å². The molecule has 2 aromatic rings. The molecule has 1 aromatic carbocycles. The maximum atomic E-state index is 12.3. The van der Waals surface area contributed by atoms with E-state index < -0.39 is 10.0 Å². The summed E-state index contributed by atoms with van der Waals surface area (Å²) >= 11 is 6.74. The van der Waals surface area contributed by atoms with Crippen LogP contribution in [-0.2, 0) is 22.9 Å². The lowest BCUT2D eigenvalue weighted by atomic mass is 10.1. The molecule has 0 atom stereocenters. The third-order valence-corrected chi connectivity index (χ3v) is 6.58. The average Bonchev–Trinajstić information content (AvgIpc) is 2.94. The van der Waals surface area contributed by atoms with E-state index in [1.807, 2.05) is 12.1 Å². The number of fused-ring (bicyclic) bond motifs is 1. The third-order valence-electron chi connectivity index (χ3n) is 3.32. The quantitative estimate of drug-likeness (QED) is 0.939. The van der Waals surface area contributed by atoms with Crippen LogP contribution < -0.4 is 4.72 Å². The van der Waals surface area contributed by atoms with E-state index in [4.69, 9.17) is 11.6 Å². The van der Waals surface area contributed by atoms with Gasteiger partial charge < -0.3 is 0 Å². The highest BCUT2D eigenvalue weighted by atomic mass is 35.5. The van der Waals surface area contributed by atoms with Crippen molar-refractivity contribution in [2.45, 2.75) is 30.4 Å². The van der Waals surface area contributed by atoms with Gasteiger partial charge in [-0.3, -0.25) is 4.72 Å². The summed E-state index contributed by atoms with van der Waals surface area (Å²) in [5.41, 5.74) is 3.55. The predicted octanol–water partition coefficient (Wildman–Crippen LogP) is 3.39. The van der Waals surface area contributed by atoms with Crippen molar-refractivity contribution in [1.29, 1.82) is 0 Å². The van der Waals surface area contributed by atoms with Gasteiger partial charge in [-0.25, -0.2) is 13.4 Å². The van der Waals surface area contributed by atoms with Crippen molar-refractivity contribution >= 4 is 38.6 Å². The molecule has 0 spiro atoms. The summed E-state index contributed by atoms with van der Waals surface area (Å²) in [6, 6.07) is 5.71. The largest absolute Gasteiger partial charge is 0.279 e. The van der Waals surface area contributed by atoms with Gasteiger partial charge in [-0.2, -0.15) is 0 Å². The molecule has 0 amide bonds. The van der Waals surface area contributed by atoms with Crippen molar-refractivity contribution in [3.63, 3.8) is 0 Å². The molecule has 0 saturated carbocycles. The Morgan fingerprint density at radius 3 is 2.75 bits per heavy atom. The predicted molar refractivity (Wildman–Crippen MR) is 81.1 cm³/mol.